The highest BCUT2D eigenvalue weighted by molar-refractivity contribution is 7.13. The number of carbonyl (C=O) groups is 1. The number of benzene rings is 1. The molecule has 2 fully saturated rings. The van der Waals surface area contributed by atoms with Gasteiger partial charge in [0.1, 0.15) is 10.5 Å². The van der Waals surface area contributed by atoms with Crippen molar-refractivity contribution in [3.8, 4) is 10.6 Å². The van der Waals surface area contributed by atoms with Crippen molar-refractivity contribution in [3.05, 3.63) is 65.4 Å². The lowest BCUT2D eigenvalue weighted by Crippen LogP contribution is -2.59. The molecule has 0 atom stereocenters. The van der Waals surface area contributed by atoms with E-state index in [0.29, 0.717) is 12.8 Å². The third-order valence-corrected chi connectivity index (χ3v) is 7.50. The van der Waals surface area contributed by atoms with Gasteiger partial charge >= 0.3 is 0 Å². The summed E-state index contributed by atoms with van der Waals surface area (Å²) in [6.45, 7) is 1.52. The van der Waals surface area contributed by atoms with Gasteiger partial charge in [-0.3, -0.25) is 9.78 Å². The molecule has 4 N–H and O–H groups in total. The monoisotopic (exact) mass is 460 g/mol. The molecule has 7 nitrogen and oxygen atoms in total. The van der Waals surface area contributed by atoms with Crippen LogP contribution >= 0.6 is 11.3 Å². The molecule has 1 aliphatic heterocycles. The molecule has 5 rings (SSSR count). The van der Waals surface area contributed by atoms with E-state index in [4.69, 9.17) is 10.7 Å². The molecule has 2 aromatic heterocycles. The predicted octanol–water partition coefficient (Wildman–Crippen LogP) is 3.87. The van der Waals surface area contributed by atoms with Gasteiger partial charge in [-0.2, -0.15) is 0 Å². The molecule has 1 saturated carbocycles. The van der Waals surface area contributed by atoms with Crippen LogP contribution in [0.2, 0.25) is 0 Å². The maximum absolute atomic E-state index is 12.0. The molecule has 170 valence electrons. The Balaban J connectivity index is 1.39. The molecule has 3 heterocycles. The highest BCUT2D eigenvalue weighted by atomic mass is 32.1. The first-order valence-electron chi connectivity index (χ1n) is 11.3. The maximum atomic E-state index is 12.0. The number of nitrogens with zero attached hydrogens (tertiary/aromatic N) is 3. The molecule has 0 radical (unpaired) electrons. The third kappa shape index (κ3) is 4.36. The fraction of sp³-hybridized carbons (Fsp3) is 0.320. The van der Waals surface area contributed by atoms with Gasteiger partial charge < -0.3 is 21.3 Å². The van der Waals surface area contributed by atoms with E-state index < -0.39 is 5.54 Å². The van der Waals surface area contributed by atoms with E-state index >= 15 is 0 Å². The first-order chi connectivity index (χ1) is 16.1. The van der Waals surface area contributed by atoms with E-state index in [2.05, 4.69) is 50.2 Å². The number of hydrogen-bond donors (Lipinski definition) is 3. The van der Waals surface area contributed by atoms with E-state index in [1.807, 2.05) is 19.2 Å². The van der Waals surface area contributed by atoms with Gasteiger partial charge in [0.15, 0.2) is 0 Å². The van der Waals surface area contributed by atoms with Crippen LogP contribution < -0.4 is 21.3 Å². The molecule has 1 amide bonds. The number of primary amides is 1. The van der Waals surface area contributed by atoms with Gasteiger partial charge in [-0.15, -0.1) is 11.3 Å². The standard InChI is InChI=1S/C25H28N6OS/c1-27-25(24(26)32)10-14-31(15-11-25)21-5-3-2-4-19(21)29-22(17-6-7-17)20-16-33-23(30-20)18-8-12-28-13-9-18/h2-5,8-9,12-13,16,27,29H,6-7,10-11,14-15H2,1H3,(H2,26,32). The Kier molecular flexibility index (Phi) is 5.86. The second-order valence-electron chi connectivity index (χ2n) is 8.58. The molecule has 0 spiro atoms. The number of pyridine rings is 1. The van der Waals surface area contributed by atoms with Crippen molar-refractivity contribution in [2.75, 3.05) is 30.4 Å². The number of likely N-dealkylation sites (N-methyl/N-ethyl adjacent to an activating group) is 1. The van der Waals surface area contributed by atoms with Crippen molar-refractivity contribution < 1.29 is 4.79 Å². The molecule has 2 aliphatic rings. The van der Waals surface area contributed by atoms with Crippen LogP contribution in [-0.2, 0) is 4.79 Å². The topological polar surface area (TPSA) is 96.2 Å². The number of piperidine rings is 1. The fourth-order valence-electron chi connectivity index (χ4n) is 4.40. The van der Waals surface area contributed by atoms with E-state index in [0.717, 1.165) is 59.3 Å². The molecule has 1 saturated heterocycles. The minimum absolute atomic E-state index is 0.273. The van der Waals surface area contributed by atoms with Crippen molar-refractivity contribution in [3.63, 3.8) is 0 Å². The zero-order valence-corrected chi connectivity index (χ0v) is 19.5. The van der Waals surface area contributed by atoms with E-state index in [1.54, 1.807) is 23.7 Å². The van der Waals surface area contributed by atoms with Gasteiger partial charge in [0.2, 0.25) is 5.91 Å². The highest BCUT2D eigenvalue weighted by Crippen LogP contribution is 2.40. The number of hydrogen-bond acceptors (Lipinski definition) is 7. The van der Waals surface area contributed by atoms with Crippen molar-refractivity contribution in [1.29, 1.82) is 0 Å². The number of nitrogens with two attached hydrogens (primary N) is 1. The van der Waals surface area contributed by atoms with Gasteiger partial charge in [0, 0.05) is 36.4 Å². The number of nitrogens with one attached hydrogen (secondary N) is 2. The molecule has 33 heavy (non-hydrogen) atoms. The smallest absolute Gasteiger partial charge is 0.237 e. The first-order valence-corrected chi connectivity index (χ1v) is 12.2. The van der Waals surface area contributed by atoms with E-state index in [-0.39, 0.29) is 5.91 Å². The number of amides is 1. The summed E-state index contributed by atoms with van der Waals surface area (Å²) in [4.78, 5) is 23.4. The van der Waals surface area contributed by atoms with Crippen molar-refractivity contribution in [2.24, 2.45) is 5.73 Å². The molecule has 3 aromatic rings. The van der Waals surface area contributed by atoms with E-state index in [9.17, 15) is 4.79 Å². The van der Waals surface area contributed by atoms with Crippen molar-refractivity contribution >= 4 is 34.3 Å². The third-order valence-electron chi connectivity index (χ3n) is 6.61. The number of para-hydroxylation sites is 2. The number of carbonyl (C=O) groups excluding carboxylic acids is 1. The summed E-state index contributed by atoms with van der Waals surface area (Å²) in [5, 5.41) is 9.99. The lowest BCUT2D eigenvalue weighted by Gasteiger charge is -2.41. The van der Waals surface area contributed by atoms with E-state index in [1.165, 1.54) is 5.57 Å². The summed E-state index contributed by atoms with van der Waals surface area (Å²) in [5.74, 6) is -0.273. The van der Waals surface area contributed by atoms with Crippen molar-refractivity contribution in [1.82, 2.24) is 15.3 Å². The molecule has 0 bridgehead atoms. The largest absolute Gasteiger partial charge is 0.370 e. The van der Waals surface area contributed by atoms with Gasteiger partial charge in [0.25, 0.3) is 0 Å². The van der Waals surface area contributed by atoms with Crippen LogP contribution in [0.3, 0.4) is 0 Å². The SMILES string of the molecule is CNC1(C(N)=O)CCN(c2ccccc2NC(=C2CC2)c2csc(-c3ccncc3)n2)CC1. The second-order valence-corrected chi connectivity index (χ2v) is 9.44. The quantitative estimate of drug-likeness (QED) is 0.495. The predicted molar refractivity (Wildman–Crippen MR) is 134 cm³/mol. The Morgan fingerprint density at radius 1 is 1.12 bits per heavy atom. The number of anilines is 2. The maximum Gasteiger partial charge on any atom is 0.237 e. The Labute approximate surface area is 197 Å². The number of thiazole rings is 1. The van der Waals surface area contributed by atoms with Crippen molar-refractivity contribution in [2.45, 2.75) is 31.2 Å². The van der Waals surface area contributed by atoms with Crippen LogP contribution in [0.5, 0.6) is 0 Å². The van der Waals surface area contributed by atoms with Crippen LogP contribution in [-0.4, -0.2) is 41.6 Å². The Bertz CT molecular complexity index is 1170. The van der Waals surface area contributed by atoms with Crippen LogP contribution in [0.1, 0.15) is 31.4 Å². The average Bonchev–Trinajstić information content (AvgIpc) is 3.59. The summed E-state index contributed by atoms with van der Waals surface area (Å²) in [5.41, 5.74) is 11.8. The Morgan fingerprint density at radius 2 is 1.85 bits per heavy atom. The normalized spacial score (nSPS) is 17.0. The molecule has 0 unspecified atom stereocenters. The lowest BCUT2D eigenvalue weighted by molar-refractivity contribution is -0.125. The zero-order valence-electron chi connectivity index (χ0n) is 18.7. The summed E-state index contributed by atoms with van der Waals surface area (Å²) >= 11 is 1.65. The summed E-state index contributed by atoms with van der Waals surface area (Å²) in [7, 11) is 1.82. The summed E-state index contributed by atoms with van der Waals surface area (Å²) < 4.78 is 0. The van der Waals surface area contributed by atoms with Crippen LogP contribution in [0, 0.1) is 0 Å². The molecule has 1 aromatic carbocycles. The molecule has 8 heteroatoms. The number of rotatable bonds is 7. The molecular weight excluding hydrogens is 432 g/mol. The Hall–Kier alpha value is -3.23. The Morgan fingerprint density at radius 3 is 2.52 bits per heavy atom. The van der Waals surface area contributed by atoms with Crippen LogP contribution in [0.25, 0.3) is 16.3 Å². The highest BCUT2D eigenvalue weighted by Gasteiger charge is 2.38. The number of allylic oxidation sites excluding steroid dienone is 1. The minimum atomic E-state index is -0.621. The van der Waals surface area contributed by atoms with Gasteiger partial charge in [-0.25, -0.2) is 4.98 Å². The van der Waals surface area contributed by atoms with Crippen LogP contribution in [0.15, 0.2) is 59.7 Å². The lowest BCUT2D eigenvalue weighted by atomic mass is 9.86. The van der Waals surface area contributed by atoms with Crippen LogP contribution in [0.4, 0.5) is 11.4 Å². The fourth-order valence-corrected chi connectivity index (χ4v) is 5.22. The van der Waals surface area contributed by atoms with Gasteiger partial charge in [-0.1, -0.05) is 12.1 Å². The summed E-state index contributed by atoms with van der Waals surface area (Å²) in [6.07, 6.45) is 7.15. The number of aromatic nitrogens is 2. The van der Waals surface area contributed by atoms with Gasteiger partial charge in [-0.05, 0) is 62.6 Å². The summed E-state index contributed by atoms with van der Waals surface area (Å²) in [6, 6.07) is 12.3. The zero-order chi connectivity index (χ0) is 22.8. The van der Waals surface area contributed by atoms with Gasteiger partial charge in [0.05, 0.1) is 22.8 Å². The first kappa shape index (κ1) is 21.6. The minimum Gasteiger partial charge on any atom is -0.370 e. The molecule has 1 aliphatic carbocycles. The average molecular weight is 461 g/mol. The molecular formula is C25H28N6OS. The second kappa shape index (κ2) is 8.96.